The number of rotatable bonds is 10. The van der Waals surface area contributed by atoms with E-state index in [1.54, 1.807) is 0 Å². The maximum atomic E-state index is 8.65. The van der Waals surface area contributed by atoms with Crippen molar-refractivity contribution in [2.75, 3.05) is 24.7 Å². The van der Waals surface area contributed by atoms with E-state index < -0.39 is 0 Å². The number of hydrogen-bond donors (Lipinski definition) is 2. The van der Waals surface area contributed by atoms with Gasteiger partial charge in [-0.3, -0.25) is 4.68 Å². The fraction of sp³-hybridized carbons (Fsp3) is 0.769. The minimum Gasteiger partial charge on any atom is -0.396 e. The van der Waals surface area contributed by atoms with Crippen LogP contribution in [0.4, 0.5) is 0 Å². The van der Waals surface area contributed by atoms with Gasteiger partial charge < -0.3 is 10.4 Å². The Labute approximate surface area is 114 Å². The van der Waals surface area contributed by atoms with E-state index in [0.717, 1.165) is 43.1 Å². The van der Waals surface area contributed by atoms with Gasteiger partial charge in [0.2, 0.25) is 0 Å². The Morgan fingerprint density at radius 2 is 2.33 bits per heavy atom. The van der Waals surface area contributed by atoms with Crippen LogP contribution in [0, 0.1) is 0 Å². The molecule has 1 unspecified atom stereocenters. The number of aliphatic hydroxyl groups excluding tert-OH is 1. The minimum absolute atomic E-state index is 0.299. The van der Waals surface area contributed by atoms with Gasteiger partial charge in [-0.1, -0.05) is 6.92 Å². The molecule has 0 aromatic carbocycles. The molecule has 5 heteroatoms. The Kier molecular flexibility index (Phi) is 8.13. The summed E-state index contributed by atoms with van der Waals surface area (Å²) in [6, 6.07) is 2.56. The van der Waals surface area contributed by atoms with Crippen LogP contribution < -0.4 is 5.32 Å². The van der Waals surface area contributed by atoms with Crippen molar-refractivity contribution in [2.45, 2.75) is 39.3 Å². The average molecular weight is 271 g/mol. The Morgan fingerprint density at radius 3 is 3.06 bits per heavy atom. The smallest absolute Gasteiger partial charge is 0.0762 e. The first kappa shape index (κ1) is 15.5. The Hall–Kier alpha value is -0.520. The molecule has 0 aliphatic rings. The largest absolute Gasteiger partial charge is 0.396 e. The maximum Gasteiger partial charge on any atom is 0.0762 e. The quantitative estimate of drug-likeness (QED) is 0.640. The third-order valence-corrected chi connectivity index (χ3v) is 3.95. The summed E-state index contributed by atoms with van der Waals surface area (Å²) in [6.07, 6.45) is 4.06. The van der Waals surface area contributed by atoms with Gasteiger partial charge in [0.05, 0.1) is 5.69 Å². The third-order valence-electron chi connectivity index (χ3n) is 2.88. The van der Waals surface area contributed by atoms with Crippen LogP contribution in [0.2, 0.25) is 0 Å². The molecule has 0 bridgehead atoms. The first-order valence-electron chi connectivity index (χ1n) is 6.71. The van der Waals surface area contributed by atoms with Crippen molar-refractivity contribution in [3.05, 3.63) is 18.0 Å². The van der Waals surface area contributed by atoms with Crippen molar-refractivity contribution < 1.29 is 5.11 Å². The highest BCUT2D eigenvalue weighted by molar-refractivity contribution is 7.99. The van der Waals surface area contributed by atoms with Crippen molar-refractivity contribution in [3.63, 3.8) is 0 Å². The summed E-state index contributed by atoms with van der Waals surface area (Å²) >= 11 is 1.88. The normalized spacial score (nSPS) is 12.8. The molecule has 0 amide bonds. The predicted octanol–water partition coefficient (Wildman–Crippen LogP) is 2.06. The molecule has 1 aromatic rings. The predicted molar refractivity (Wildman–Crippen MR) is 78.0 cm³/mol. The van der Waals surface area contributed by atoms with Gasteiger partial charge in [-0.25, -0.2) is 0 Å². The molecule has 0 spiro atoms. The summed E-state index contributed by atoms with van der Waals surface area (Å²) in [4.78, 5) is 0. The zero-order chi connectivity index (χ0) is 13.2. The van der Waals surface area contributed by atoms with Crippen LogP contribution in [0.15, 0.2) is 12.3 Å². The van der Waals surface area contributed by atoms with E-state index >= 15 is 0 Å². The van der Waals surface area contributed by atoms with Crippen molar-refractivity contribution in [1.82, 2.24) is 15.1 Å². The zero-order valence-electron chi connectivity index (χ0n) is 11.4. The van der Waals surface area contributed by atoms with Crippen molar-refractivity contribution >= 4 is 11.8 Å². The minimum atomic E-state index is 0.299. The zero-order valence-corrected chi connectivity index (χ0v) is 12.2. The molecule has 4 nitrogen and oxygen atoms in total. The molecule has 1 heterocycles. The van der Waals surface area contributed by atoms with Crippen LogP contribution in [0.1, 0.15) is 38.4 Å². The van der Waals surface area contributed by atoms with E-state index in [1.807, 2.05) is 16.4 Å². The lowest BCUT2D eigenvalue weighted by atomic mass is 10.3. The van der Waals surface area contributed by atoms with Crippen LogP contribution in [-0.4, -0.2) is 39.5 Å². The monoisotopic (exact) mass is 271 g/mol. The Morgan fingerprint density at radius 1 is 1.50 bits per heavy atom. The summed E-state index contributed by atoms with van der Waals surface area (Å²) < 4.78 is 2.03. The standard InChI is InChI=1S/C13H25N3OS/c1-3-12(2)16-7-5-13(15-16)11-14-6-10-18-9-4-8-17/h5,7,12,14,17H,3-4,6,8-11H2,1-2H3. The summed E-state index contributed by atoms with van der Waals surface area (Å²) in [5.74, 6) is 2.13. The van der Waals surface area contributed by atoms with Gasteiger partial charge in [-0.2, -0.15) is 16.9 Å². The number of hydrogen-bond acceptors (Lipinski definition) is 4. The van der Waals surface area contributed by atoms with Gasteiger partial charge in [0.15, 0.2) is 0 Å². The van der Waals surface area contributed by atoms with Gasteiger partial charge in [0.25, 0.3) is 0 Å². The molecule has 0 radical (unpaired) electrons. The van der Waals surface area contributed by atoms with Crippen molar-refractivity contribution in [3.8, 4) is 0 Å². The van der Waals surface area contributed by atoms with Crippen LogP contribution >= 0.6 is 11.8 Å². The highest BCUT2D eigenvalue weighted by atomic mass is 32.2. The van der Waals surface area contributed by atoms with Gasteiger partial charge in [-0.15, -0.1) is 0 Å². The number of aromatic nitrogens is 2. The number of nitrogens with zero attached hydrogens (tertiary/aromatic N) is 2. The summed E-state index contributed by atoms with van der Waals surface area (Å²) in [6.45, 7) is 6.49. The molecule has 0 saturated carbocycles. The van der Waals surface area contributed by atoms with E-state index in [2.05, 4.69) is 36.5 Å². The fourth-order valence-electron chi connectivity index (χ4n) is 1.53. The molecule has 104 valence electrons. The average Bonchev–Trinajstić information content (AvgIpc) is 2.85. The fourth-order valence-corrected chi connectivity index (χ4v) is 2.36. The molecule has 1 rings (SSSR count). The molecule has 0 saturated heterocycles. The lowest BCUT2D eigenvalue weighted by Crippen LogP contribution is -2.17. The van der Waals surface area contributed by atoms with E-state index in [-0.39, 0.29) is 0 Å². The molecular weight excluding hydrogens is 246 g/mol. The topological polar surface area (TPSA) is 50.1 Å². The van der Waals surface area contributed by atoms with Crippen molar-refractivity contribution in [2.24, 2.45) is 0 Å². The van der Waals surface area contributed by atoms with Crippen LogP contribution in [-0.2, 0) is 6.54 Å². The molecule has 1 aromatic heterocycles. The molecule has 0 fully saturated rings. The molecule has 2 N–H and O–H groups in total. The molecule has 0 aliphatic carbocycles. The second kappa shape index (κ2) is 9.42. The highest BCUT2D eigenvalue weighted by Crippen LogP contribution is 2.09. The van der Waals surface area contributed by atoms with Crippen LogP contribution in [0.3, 0.4) is 0 Å². The number of nitrogens with one attached hydrogen (secondary N) is 1. The second-order valence-corrected chi connectivity index (χ2v) is 5.64. The number of thioether (sulfide) groups is 1. The molecule has 1 atom stereocenters. The second-order valence-electron chi connectivity index (χ2n) is 4.41. The van der Waals surface area contributed by atoms with Crippen LogP contribution in [0.25, 0.3) is 0 Å². The first-order valence-corrected chi connectivity index (χ1v) is 7.86. The third kappa shape index (κ3) is 5.89. The Bertz CT molecular complexity index is 317. The molecule has 0 aliphatic heterocycles. The van der Waals surface area contributed by atoms with Crippen molar-refractivity contribution in [1.29, 1.82) is 0 Å². The van der Waals surface area contributed by atoms with Gasteiger partial charge in [0, 0.05) is 37.7 Å². The van der Waals surface area contributed by atoms with Gasteiger partial charge >= 0.3 is 0 Å². The van der Waals surface area contributed by atoms with E-state index in [9.17, 15) is 0 Å². The van der Waals surface area contributed by atoms with Gasteiger partial charge in [0.1, 0.15) is 0 Å². The van der Waals surface area contributed by atoms with E-state index in [4.69, 9.17) is 5.11 Å². The van der Waals surface area contributed by atoms with Gasteiger partial charge in [-0.05, 0) is 31.6 Å². The lowest BCUT2D eigenvalue weighted by Gasteiger charge is -2.08. The summed E-state index contributed by atoms with van der Waals surface area (Å²) in [5, 5.41) is 16.6. The maximum absolute atomic E-state index is 8.65. The lowest BCUT2D eigenvalue weighted by molar-refractivity contribution is 0.296. The molecular formula is C13H25N3OS. The SMILES string of the molecule is CCC(C)n1ccc(CNCCSCCCO)n1. The highest BCUT2D eigenvalue weighted by Gasteiger charge is 2.03. The molecule has 18 heavy (non-hydrogen) atoms. The summed E-state index contributed by atoms with van der Waals surface area (Å²) in [7, 11) is 0. The van der Waals surface area contributed by atoms with E-state index in [1.165, 1.54) is 0 Å². The number of aliphatic hydroxyl groups is 1. The first-order chi connectivity index (χ1) is 8.77. The van der Waals surface area contributed by atoms with Crippen LogP contribution in [0.5, 0.6) is 0 Å². The Balaban J connectivity index is 2.10. The van der Waals surface area contributed by atoms with E-state index in [0.29, 0.717) is 12.6 Å². The summed E-state index contributed by atoms with van der Waals surface area (Å²) in [5.41, 5.74) is 1.11.